The van der Waals surface area contributed by atoms with Crippen molar-refractivity contribution in [1.82, 2.24) is 19.7 Å². The third-order valence-corrected chi connectivity index (χ3v) is 5.58. The molecule has 0 spiro atoms. The molecule has 1 amide bonds. The van der Waals surface area contributed by atoms with E-state index in [4.69, 9.17) is 11.6 Å². The number of thiazole rings is 1. The first-order chi connectivity index (χ1) is 12.6. The van der Waals surface area contributed by atoms with Crippen LogP contribution in [0.2, 0.25) is 5.02 Å². The summed E-state index contributed by atoms with van der Waals surface area (Å²) in [5.41, 5.74) is 2.77. The number of hydrogen-bond acceptors (Lipinski definition) is 4. The van der Waals surface area contributed by atoms with Gasteiger partial charge in [0.2, 0.25) is 0 Å². The molecule has 26 heavy (non-hydrogen) atoms. The Bertz CT molecular complexity index is 1110. The van der Waals surface area contributed by atoms with Crippen molar-refractivity contribution < 1.29 is 4.79 Å². The molecule has 1 aromatic carbocycles. The van der Waals surface area contributed by atoms with E-state index in [0.29, 0.717) is 17.3 Å². The number of carbonyl (C=O) groups excluding carboxylic acids is 1. The molecule has 3 aromatic heterocycles. The van der Waals surface area contributed by atoms with Crippen molar-refractivity contribution in [3.05, 3.63) is 75.1 Å². The number of nitrogens with one attached hydrogen (secondary N) is 1. The zero-order chi connectivity index (χ0) is 18.1. The van der Waals surface area contributed by atoms with Crippen LogP contribution in [0.4, 0.5) is 0 Å². The number of halogens is 2. The third-order valence-electron chi connectivity index (χ3n) is 3.76. The summed E-state index contributed by atoms with van der Waals surface area (Å²) in [7, 11) is 0. The minimum atomic E-state index is -0.240. The molecule has 0 fully saturated rings. The number of benzene rings is 1. The van der Waals surface area contributed by atoms with Crippen molar-refractivity contribution in [2.75, 3.05) is 0 Å². The average Bonchev–Trinajstić information content (AvgIpc) is 3.28. The Balaban J connectivity index is 1.48. The summed E-state index contributed by atoms with van der Waals surface area (Å²) >= 11 is 11.0. The van der Waals surface area contributed by atoms with Crippen molar-refractivity contribution in [2.45, 2.75) is 6.54 Å². The van der Waals surface area contributed by atoms with Gasteiger partial charge in [0.25, 0.3) is 5.91 Å². The van der Waals surface area contributed by atoms with Crippen LogP contribution in [0.15, 0.2) is 58.6 Å². The summed E-state index contributed by atoms with van der Waals surface area (Å²) in [5, 5.41) is 5.92. The number of imidazole rings is 1. The Morgan fingerprint density at radius 3 is 2.88 bits per heavy atom. The second-order valence-corrected chi connectivity index (χ2v) is 7.64. The SMILES string of the molecule is O=C(NCc1cn2cccc(Br)c2n1)c1csc(-c2ccccc2Cl)n1. The van der Waals surface area contributed by atoms with Crippen LogP contribution in [0, 0.1) is 0 Å². The number of aromatic nitrogens is 3. The lowest BCUT2D eigenvalue weighted by atomic mass is 10.2. The highest BCUT2D eigenvalue weighted by molar-refractivity contribution is 9.10. The first-order valence-electron chi connectivity index (χ1n) is 7.72. The molecule has 130 valence electrons. The number of carbonyl (C=O) groups is 1. The van der Waals surface area contributed by atoms with Crippen LogP contribution in [0.1, 0.15) is 16.2 Å². The molecule has 0 saturated heterocycles. The zero-order valence-corrected chi connectivity index (χ0v) is 16.5. The molecule has 0 aliphatic heterocycles. The van der Waals surface area contributed by atoms with E-state index in [9.17, 15) is 4.79 Å². The topological polar surface area (TPSA) is 59.3 Å². The molecule has 0 radical (unpaired) electrons. The molecular formula is C18H12BrClN4OS. The predicted octanol–water partition coefficient (Wildman–Crippen LogP) is 4.80. The van der Waals surface area contributed by atoms with E-state index in [0.717, 1.165) is 26.4 Å². The molecule has 0 saturated carbocycles. The van der Waals surface area contributed by atoms with Gasteiger partial charge in [-0.25, -0.2) is 9.97 Å². The van der Waals surface area contributed by atoms with Gasteiger partial charge in [-0.05, 0) is 34.1 Å². The van der Waals surface area contributed by atoms with Gasteiger partial charge in [-0.15, -0.1) is 11.3 Å². The minimum Gasteiger partial charge on any atom is -0.345 e. The molecule has 0 aliphatic carbocycles. The minimum absolute atomic E-state index is 0.240. The third kappa shape index (κ3) is 3.38. The normalized spacial score (nSPS) is 11.0. The summed E-state index contributed by atoms with van der Waals surface area (Å²) in [6.45, 7) is 0.325. The molecule has 0 aliphatic rings. The van der Waals surface area contributed by atoms with Crippen LogP contribution >= 0.6 is 38.9 Å². The lowest BCUT2D eigenvalue weighted by molar-refractivity contribution is 0.0946. The van der Waals surface area contributed by atoms with E-state index in [-0.39, 0.29) is 5.91 Å². The fourth-order valence-electron chi connectivity index (χ4n) is 2.51. The molecule has 5 nitrogen and oxygen atoms in total. The second-order valence-electron chi connectivity index (χ2n) is 5.52. The van der Waals surface area contributed by atoms with E-state index < -0.39 is 0 Å². The maximum atomic E-state index is 12.4. The summed E-state index contributed by atoms with van der Waals surface area (Å²) < 4.78 is 2.81. The fourth-order valence-corrected chi connectivity index (χ4v) is 4.08. The van der Waals surface area contributed by atoms with Gasteiger partial charge in [-0.1, -0.05) is 29.8 Å². The number of amides is 1. The molecule has 0 bridgehead atoms. The van der Waals surface area contributed by atoms with Crippen LogP contribution in [0.25, 0.3) is 16.2 Å². The van der Waals surface area contributed by atoms with Crippen LogP contribution in [0.3, 0.4) is 0 Å². The lowest BCUT2D eigenvalue weighted by Crippen LogP contribution is -2.23. The zero-order valence-electron chi connectivity index (χ0n) is 13.3. The van der Waals surface area contributed by atoms with Gasteiger partial charge in [-0.3, -0.25) is 4.79 Å². The molecule has 1 N–H and O–H groups in total. The first kappa shape index (κ1) is 17.2. The number of nitrogens with zero attached hydrogens (tertiary/aromatic N) is 3. The number of pyridine rings is 1. The van der Waals surface area contributed by atoms with Crippen LogP contribution in [-0.4, -0.2) is 20.3 Å². The Hall–Kier alpha value is -2.22. The Kier molecular flexibility index (Phi) is 4.76. The highest BCUT2D eigenvalue weighted by Gasteiger charge is 2.14. The molecule has 4 aromatic rings. The molecule has 0 unspecified atom stereocenters. The summed E-state index contributed by atoms with van der Waals surface area (Å²) in [4.78, 5) is 21.3. The van der Waals surface area contributed by atoms with Crippen molar-refractivity contribution in [3.63, 3.8) is 0 Å². The molecule has 0 atom stereocenters. The standard InChI is InChI=1S/C18H12BrClN4OS/c19-13-5-3-7-24-9-11(22-16(13)24)8-21-17(25)15-10-26-18(23-15)12-4-1-2-6-14(12)20/h1-7,9-10H,8H2,(H,21,25). The molecule has 3 heterocycles. The van der Waals surface area contributed by atoms with Crippen LogP contribution < -0.4 is 5.32 Å². The van der Waals surface area contributed by atoms with Gasteiger partial charge in [0.15, 0.2) is 5.65 Å². The monoisotopic (exact) mass is 446 g/mol. The summed E-state index contributed by atoms with van der Waals surface area (Å²) in [5.74, 6) is -0.240. The largest absolute Gasteiger partial charge is 0.345 e. The number of fused-ring (bicyclic) bond motifs is 1. The smallest absolute Gasteiger partial charge is 0.271 e. The van der Waals surface area contributed by atoms with E-state index >= 15 is 0 Å². The van der Waals surface area contributed by atoms with E-state index in [2.05, 4.69) is 31.2 Å². The van der Waals surface area contributed by atoms with Crippen molar-refractivity contribution >= 4 is 50.4 Å². The van der Waals surface area contributed by atoms with Gasteiger partial charge in [-0.2, -0.15) is 0 Å². The van der Waals surface area contributed by atoms with Crippen LogP contribution in [0.5, 0.6) is 0 Å². The van der Waals surface area contributed by atoms with Gasteiger partial charge in [0.05, 0.1) is 21.7 Å². The van der Waals surface area contributed by atoms with E-state index in [1.807, 2.05) is 47.1 Å². The Labute approximate surface area is 166 Å². The molecular weight excluding hydrogens is 436 g/mol. The summed E-state index contributed by atoms with van der Waals surface area (Å²) in [6, 6.07) is 11.3. The number of hydrogen-bond donors (Lipinski definition) is 1. The Morgan fingerprint density at radius 1 is 1.23 bits per heavy atom. The van der Waals surface area contributed by atoms with Crippen LogP contribution in [-0.2, 0) is 6.54 Å². The second kappa shape index (κ2) is 7.19. The average molecular weight is 448 g/mol. The molecule has 4 rings (SSSR count). The van der Waals surface area contributed by atoms with E-state index in [1.165, 1.54) is 11.3 Å². The van der Waals surface area contributed by atoms with Crippen molar-refractivity contribution in [2.24, 2.45) is 0 Å². The van der Waals surface area contributed by atoms with E-state index in [1.54, 1.807) is 11.4 Å². The highest BCUT2D eigenvalue weighted by Crippen LogP contribution is 2.30. The van der Waals surface area contributed by atoms with Crippen molar-refractivity contribution in [1.29, 1.82) is 0 Å². The quantitative estimate of drug-likeness (QED) is 0.489. The van der Waals surface area contributed by atoms with Crippen molar-refractivity contribution in [3.8, 4) is 10.6 Å². The Morgan fingerprint density at radius 2 is 2.08 bits per heavy atom. The van der Waals surface area contributed by atoms with Gasteiger partial charge in [0.1, 0.15) is 10.7 Å². The summed E-state index contributed by atoms with van der Waals surface area (Å²) in [6.07, 6.45) is 3.80. The molecule has 8 heteroatoms. The predicted molar refractivity (Wildman–Crippen MR) is 107 cm³/mol. The first-order valence-corrected chi connectivity index (χ1v) is 9.77. The van der Waals surface area contributed by atoms with Gasteiger partial charge < -0.3 is 9.72 Å². The van der Waals surface area contributed by atoms with Gasteiger partial charge >= 0.3 is 0 Å². The number of rotatable bonds is 4. The highest BCUT2D eigenvalue weighted by atomic mass is 79.9. The maximum absolute atomic E-state index is 12.4. The van der Waals surface area contributed by atoms with Gasteiger partial charge in [0, 0.05) is 23.3 Å². The fraction of sp³-hybridized carbons (Fsp3) is 0.0556. The lowest BCUT2D eigenvalue weighted by Gasteiger charge is -2.00. The maximum Gasteiger partial charge on any atom is 0.271 e.